The first-order chi connectivity index (χ1) is 12.9. The van der Waals surface area contributed by atoms with E-state index in [1.54, 1.807) is 0 Å². The fourth-order valence-electron chi connectivity index (χ4n) is 3.38. The SMILES string of the molecule is Cc1ccc(NC(=O)CN(C)C)c(NC(=O)CCCN2CCCCCC2)c1. The Bertz CT molecular complexity index is 623. The third kappa shape index (κ3) is 8.10. The predicted molar refractivity (Wildman–Crippen MR) is 111 cm³/mol. The number of hydrogen-bond donors (Lipinski definition) is 2. The van der Waals surface area contributed by atoms with Crippen LogP contribution < -0.4 is 10.6 Å². The molecular formula is C21H34N4O2. The van der Waals surface area contributed by atoms with Gasteiger partial charge in [0.05, 0.1) is 17.9 Å². The van der Waals surface area contributed by atoms with E-state index in [1.165, 1.54) is 25.7 Å². The van der Waals surface area contributed by atoms with Crippen LogP contribution in [0.1, 0.15) is 44.1 Å². The monoisotopic (exact) mass is 374 g/mol. The van der Waals surface area contributed by atoms with Crippen molar-refractivity contribution in [2.75, 3.05) is 50.9 Å². The Morgan fingerprint density at radius 2 is 1.67 bits per heavy atom. The molecule has 0 aromatic heterocycles. The zero-order chi connectivity index (χ0) is 19.6. The minimum absolute atomic E-state index is 0.00136. The van der Waals surface area contributed by atoms with Gasteiger partial charge in [0.25, 0.3) is 0 Å². The Hall–Kier alpha value is -1.92. The van der Waals surface area contributed by atoms with Crippen LogP contribution in [0.3, 0.4) is 0 Å². The number of benzene rings is 1. The van der Waals surface area contributed by atoms with E-state index in [9.17, 15) is 9.59 Å². The highest BCUT2D eigenvalue weighted by Gasteiger charge is 2.12. The van der Waals surface area contributed by atoms with E-state index >= 15 is 0 Å². The van der Waals surface area contributed by atoms with E-state index in [0.717, 1.165) is 31.6 Å². The molecule has 6 heteroatoms. The molecule has 150 valence electrons. The second kappa shape index (κ2) is 11.0. The zero-order valence-electron chi connectivity index (χ0n) is 17.0. The summed E-state index contributed by atoms with van der Waals surface area (Å²) in [6, 6.07) is 5.67. The second-order valence-electron chi connectivity index (χ2n) is 7.74. The third-order valence-electron chi connectivity index (χ3n) is 4.76. The van der Waals surface area contributed by atoms with Gasteiger partial charge < -0.3 is 20.4 Å². The van der Waals surface area contributed by atoms with Gasteiger partial charge in [0.1, 0.15) is 0 Å². The standard InChI is InChI=1S/C21H34N4O2/c1-17-10-11-18(22-21(27)16-24(2)3)19(15-17)23-20(26)9-8-14-25-12-6-4-5-7-13-25/h10-11,15H,4-9,12-14,16H2,1-3H3,(H,22,27)(H,23,26). The number of carbonyl (C=O) groups excluding carboxylic acids is 2. The summed E-state index contributed by atoms with van der Waals surface area (Å²) in [6.07, 6.45) is 6.55. The number of nitrogens with zero attached hydrogens (tertiary/aromatic N) is 2. The van der Waals surface area contributed by atoms with Gasteiger partial charge >= 0.3 is 0 Å². The number of hydrogen-bond acceptors (Lipinski definition) is 4. The van der Waals surface area contributed by atoms with E-state index in [4.69, 9.17) is 0 Å². The minimum Gasteiger partial charge on any atom is -0.324 e. The fourth-order valence-corrected chi connectivity index (χ4v) is 3.38. The number of nitrogens with one attached hydrogen (secondary N) is 2. The van der Waals surface area contributed by atoms with Crippen molar-refractivity contribution in [1.82, 2.24) is 9.80 Å². The topological polar surface area (TPSA) is 64.7 Å². The summed E-state index contributed by atoms with van der Waals surface area (Å²) in [5, 5.41) is 5.86. The molecule has 0 unspecified atom stereocenters. The van der Waals surface area contributed by atoms with Crippen LogP contribution in [0.5, 0.6) is 0 Å². The summed E-state index contributed by atoms with van der Waals surface area (Å²) in [5.74, 6) is -0.0981. The number of anilines is 2. The van der Waals surface area contributed by atoms with E-state index in [-0.39, 0.29) is 11.8 Å². The smallest absolute Gasteiger partial charge is 0.238 e. The molecule has 2 amide bonds. The Morgan fingerprint density at radius 3 is 2.33 bits per heavy atom. The highest BCUT2D eigenvalue weighted by molar-refractivity contribution is 6.00. The van der Waals surface area contributed by atoms with Crippen molar-refractivity contribution in [2.24, 2.45) is 0 Å². The fraction of sp³-hybridized carbons (Fsp3) is 0.619. The lowest BCUT2D eigenvalue weighted by Crippen LogP contribution is -2.28. The van der Waals surface area contributed by atoms with Crippen LogP contribution in [-0.4, -0.2) is 61.9 Å². The van der Waals surface area contributed by atoms with E-state index in [0.29, 0.717) is 24.3 Å². The molecule has 1 aromatic carbocycles. The number of aryl methyl sites for hydroxylation is 1. The summed E-state index contributed by atoms with van der Waals surface area (Å²) >= 11 is 0. The van der Waals surface area contributed by atoms with Crippen molar-refractivity contribution >= 4 is 23.2 Å². The first kappa shape index (κ1) is 21.4. The molecule has 27 heavy (non-hydrogen) atoms. The second-order valence-corrected chi connectivity index (χ2v) is 7.74. The maximum absolute atomic E-state index is 12.4. The molecule has 0 radical (unpaired) electrons. The molecule has 2 rings (SSSR count). The van der Waals surface area contributed by atoms with E-state index in [1.807, 2.05) is 44.1 Å². The van der Waals surface area contributed by atoms with Crippen LogP contribution in [-0.2, 0) is 9.59 Å². The van der Waals surface area contributed by atoms with Crippen LogP contribution in [0.25, 0.3) is 0 Å². The molecule has 1 aliphatic heterocycles. The first-order valence-electron chi connectivity index (χ1n) is 10.0. The molecule has 0 spiro atoms. The zero-order valence-corrected chi connectivity index (χ0v) is 17.0. The average Bonchev–Trinajstić information content (AvgIpc) is 2.85. The normalized spacial score (nSPS) is 15.4. The first-order valence-corrected chi connectivity index (χ1v) is 10.0. The Labute approximate surface area is 163 Å². The maximum atomic E-state index is 12.4. The van der Waals surface area contributed by atoms with Crippen molar-refractivity contribution in [3.63, 3.8) is 0 Å². The van der Waals surface area contributed by atoms with Crippen molar-refractivity contribution in [3.8, 4) is 0 Å². The van der Waals surface area contributed by atoms with Gasteiger partial charge in [0.15, 0.2) is 0 Å². The molecule has 1 aliphatic rings. The molecule has 0 atom stereocenters. The van der Waals surface area contributed by atoms with Crippen LogP contribution in [0.15, 0.2) is 18.2 Å². The molecule has 0 saturated carbocycles. The van der Waals surface area contributed by atoms with Crippen LogP contribution in [0.2, 0.25) is 0 Å². The maximum Gasteiger partial charge on any atom is 0.238 e. The molecule has 1 heterocycles. The van der Waals surface area contributed by atoms with E-state index < -0.39 is 0 Å². The number of amides is 2. The number of rotatable bonds is 8. The van der Waals surface area contributed by atoms with Gasteiger partial charge in [-0.15, -0.1) is 0 Å². The Kier molecular flexibility index (Phi) is 8.75. The Balaban J connectivity index is 1.86. The average molecular weight is 375 g/mol. The van der Waals surface area contributed by atoms with Crippen molar-refractivity contribution in [1.29, 1.82) is 0 Å². The van der Waals surface area contributed by atoms with Crippen molar-refractivity contribution in [2.45, 2.75) is 45.4 Å². The largest absolute Gasteiger partial charge is 0.324 e. The lowest BCUT2D eigenvalue weighted by atomic mass is 10.1. The molecule has 2 N–H and O–H groups in total. The molecular weight excluding hydrogens is 340 g/mol. The highest BCUT2D eigenvalue weighted by Crippen LogP contribution is 2.23. The molecule has 6 nitrogen and oxygen atoms in total. The number of likely N-dealkylation sites (N-methyl/N-ethyl adjacent to an activating group) is 1. The number of carbonyl (C=O) groups is 2. The lowest BCUT2D eigenvalue weighted by Gasteiger charge is -2.19. The van der Waals surface area contributed by atoms with Crippen molar-refractivity contribution in [3.05, 3.63) is 23.8 Å². The molecule has 1 aromatic rings. The molecule has 1 fully saturated rings. The quantitative estimate of drug-likeness (QED) is 0.734. The third-order valence-corrected chi connectivity index (χ3v) is 4.76. The van der Waals surface area contributed by atoms with Gasteiger partial charge in [-0.25, -0.2) is 0 Å². The van der Waals surface area contributed by atoms with Gasteiger partial charge in [-0.3, -0.25) is 9.59 Å². The van der Waals surface area contributed by atoms with E-state index in [2.05, 4.69) is 15.5 Å². The van der Waals surface area contributed by atoms with Gasteiger partial charge in [-0.05, 0) is 77.6 Å². The summed E-state index contributed by atoms with van der Waals surface area (Å²) in [7, 11) is 3.70. The van der Waals surface area contributed by atoms with Gasteiger partial charge in [-0.2, -0.15) is 0 Å². The van der Waals surface area contributed by atoms with Gasteiger partial charge in [0, 0.05) is 6.42 Å². The highest BCUT2D eigenvalue weighted by atomic mass is 16.2. The predicted octanol–water partition coefficient (Wildman–Crippen LogP) is 3.09. The molecule has 1 saturated heterocycles. The minimum atomic E-state index is -0.0967. The summed E-state index contributed by atoms with van der Waals surface area (Å²) < 4.78 is 0. The van der Waals surface area contributed by atoms with Crippen LogP contribution >= 0.6 is 0 Å². The molecule has 0 aliphatic carbocycles. The van der Waals surface area contributed by atoms with Gasteiger partial charge in [0.2, 0.25) is 11.8 Å². The van der Waals surface area contributed by atoms with Crippen molar-refractivity contribution < 1.29 is 9.59 Å². The van der Waals surface area contributed by atoms with Crippen LogP contribution in [0, 0.1) is 6.92 Å². The summed E-state index contributed by atoms with van der Waals surface area (Å²) in [5.41, 5.74) is 2.36. The molecule has 0 bridgehead atoms. The summed E-state index contributed by atoms with van der Waals surface area (Å²) in [6.45, 7) is 5.56. The van der Waals surface area contributed by atoms with Crippen LogP contribution in [0.4, 0.5) is 11.4 Å². The Morgan fingerprint density at radius 1 is 1.00 bits per heavy atom. The number of likely N-dealkylation sites (tertiary alicyclic amines) is 1. The lowest BCUT2D eigenvalue weighted by molar-refractivity contribution is -0.117. The van der Waals surface area contributed by atoms with Gasteiger partial charge in [-0.1, -0.05) is 18.9 Å². The summed E-state index contributed by atoms with van der Waals surface area (Å²) in [4.78, 5) is 28.7.